The third-order valence-corrected chi connectivity index (χ3v) is 4.88. The van der Waals surface area contributed by atoms with Gasteiger partial charge < -0.3 is 9.90 Å². The molecule has 1 aromatic heterocycles. The number of hydrogen-bond acceptors (Lipinski definition) is 4. The minimum Gasteiger partial charge on any atom is -0.545 e. The minimum atomic E-state index is -1.08. The van der Waals surface area contributed by atoms with Crippen molar-refractivity contribution in [3.63, 3.8) is 0 Å². The number of benzene rings is 1. The monoisotopic (exact) mass is 309 g/mol. The van der Waals surface area contributed by atoms with Gasteiger partial charge in [-0.15, -0.1) is 11.3 Å². The molecule has 0 spiro atoms. The van der Waals surface area contributed by atoms with Crippen LogP contribution in [0.5, 0.6) is 0 Å². The predicted molar refractivity (Wildman–Crippen MR) is 76.9 cm³/mol. The van der Waals surface area contributed by atoms with Crippen LogP contribution in [0.3, 0.4) is 0 Å². The fourth-order valence-electron chi connectivity index (χ4n) is 3.02. The fraction of sp³-hybridized carbons (Fsp3) is 0.375. The van der Waals surface area contributed by atoms with E-state index in [1.165, 1.54) is 22.4 Å². The van der Waals surface area contributed by atoms with E-state index in [1.807, 2.05) is 17.8 Å². The molecule has 1 unspecified atom stereocenters. The molecule has 1 aromatic carbocycles. The van der Waals surface area contributed by atoms with Crippen molar-refractivity contribution in [2.75, 3.05) is 0 Å². The largest absolute Gasteiger partial charge is 1.00 e. The standard InChI is InChI=1S/C16H17NO2S.Na/c18-16(19)13-5-7-15-11(2-1-3-12(15)8-13)4-6-14-9-17-10-20-14;/h5,7-11H,1-4,6H2,(H,18,19);/q;+1/p-1. The first-order chi connectivity index (χ1) is 9.74. The summed E-state index contributed by atoms with van der Waals surface area (Å²) in [5, 5.41) is 10.9. The second kappa shape index (κ2) is 7.54. The third kappa shape index (κ3) is 3.95. The van der Waals surface area contributed by atoms with E-state index >= 15 is 0 Å². The van der Waals surface area contributed by atoms with Gasteiger partial charge in [0.05, 0.1) is 11.5 Å². The van der Waals surface area contributed by atoms with E-state index in [1.54, 1.807) is 23.5 Å². The van der Waals surface area contributed by atoms with Crippen LogP contribution in [0.4, 0.5) is 0 Å². The first kappa shape index (κ1) is 16.7. The molecule has 0 aliphatic heterocycles. The van der Waals surface area contributed by atoms with Gasteiger partial charge >= 0.3 is 29.6 Å². The van der Waals surface area contributed by atoms with Crippen LogP contribution >= 0.6 is 11.3 Å². The second-order valence-corrected chi connectivity index (χ2v) is 6.27. The SMILES string of the molecule is O=C([O-])c1ccc2c(c1)CCCC2CCc1cncs1.[Na+]. The van der Waals surface area contributed by atoms with E-state index < -0.39 is 5.97 Å². The van der Waals surface area contributed by atoms with Crippen molar-refractivity contribution in [3.05, 3.63) is 51.5 Å². The maximum Gasteiger partial charge on any atom is 1.00 e. The normalized spacial score (nSPS) is 16.9. The average Bonchev–Trinajstić information content (AvgIpc) is 2.97. The molecule has 21 heavy (non-hydrogen) atoms. The van der Waals surface area contributed by atoms with Crippen LogP contribution in [0.15, 0.2) is 29.9 Å². The fourth-order valence-corrected chi connectivity index (χ4v) is 3.64. The molecule has 0 saturated heterocycles. The van der Waals surface area contributed by atoms with E-state index in [9.17, 15) is 9.90 Å². The summed E-state index contributed by atoms with van der Waals surface area (Å²) in [7, 11) is 0. The van der Waals surface area contributed by atoms with Crippen LogP contribution in [0.25, 0.3) is 0 Å². The Kier molecular flexibility index (Phi) is 5.99. The molecule has 1 aliphatic rings. The van der Waals surface area contributed by atoms with E-state index in [2.05, 4.69) is 4.98 Å². The van der Waals surface area contributed by atoms with Crippen molar-refractivity contribution < 1.29 is 39.5 Å². The number of carboxylic acid groups (broad SMARTS) is 1. The molecule has 0 fully saturated rings. The Morgan fingerprint density at radius 3 is 3.00 bits per heavy atom. The number of thiazole rings is 1. The number of rotatable bonds is 4. The van der Waals surface area contributed by atoms with Crippen LogP contribution in [0.1, 0.15) is 51.5 Å². The Bertz CT molecular complexity index is 613. The zero-order valence-corrected chi connectivity index (χ0v) is 15.0. The summed E-state index contributed by atoms with van der Waals surface area (Å²) in [6.07, 6.45) is 7.41. The van der Waals surface area contributed by atoms with Gasteiger partial charge in [-0.1, -0.05) is 12.1 Å². The molecule has 3 nitrogen and oxygen atoms in total. The average molecular weight is 309 g/mol. The van der Waals surface area contributed by atoms with Gasteiger partial charge in [0.2, 0.25) is 0 Å². The molecule has 1 heterocycles. The smallest absolute Gasteiger partial charge is 0.545 e. The number of carboxylic acids is 1. The first-order valence-corrected chi connectivity index (χ1v) is 7.83. The van der Waals surface area contributed by atoms with E-state index in [4.69, 9.17) is 0 Å². The van der Waals surface area contributed by atoms with Crippen LogP contribution in [0.2, 0.25) is 0 Å². The van der Waals surface area contributed by atoms with Gasteiger partial charge in [-0.2, -0.15) is 0 Å². The van der Waals surface area contributed by atoms with Crippen LogP contribution in [-0.4, -0.2) is 11.0 Å². The number of hydrogen-bond donors (Lipinski definition) is 0. The summed E-state index contributed by atoms with van der Waals surface area (Å²) >= 11 is 1.70. The molecular weight excluding hydrogens is 293 g/mol. The second-order valence-electron chi connectivity index (χ2n) is 5.30. The van der Waals surface area contributed by atoms with E-state index in [-0.39, 0.29) is 29.6 Å². The van der Waals surface area contributed by atoms with Crippen molar-refractivity contribution in [2.45, 2.75) is 38.0 Å². The maximum atomic E-state index is 10.9. The Morgan fingerprint density at radius 1 is 1.43 bits per heavy atom. The van der Waals surface area contributed by atoms with E-state index in [0.29, 0.717) is 11.5 Å². The zero-order valence-electron chi connectivity index (χ0n) is 12.2. The molecule has 5 heteroatoms. The van der Waals surface area contributed by atoms with Crippen LogP contribution in [-0.2, 0) is 12.8 Å². The number of nitrogens with zero attached hydrogens (tertiary/aromatic N) is 1. The maximum absolute atomic E-state index is 10.9. The van der Waals surface area contributed by atoms with Crippen LogP contribution < -0.4 is 34.7 Å². The van der Waals surface area contributed by atoms with Crippen molar-refractivity contribution in [2.24, 2.45) is 0 Å². The van der Waals surface area contributed by atoms with Gasteiger partial charge in [-0.05, 0) is 60.8 Å². The molecule has 0 N–H and O–H groups in total. The van der Waals surface area contributed by atoms with Gasteiger partial charge in [-0.3, -0.25) is 4.98 Å². The number of aromatic carboxylic acids is 1. The van der Waals surface area contributed by atoms with Gasteiger partial charge in [0.1, 0.15) is 0 Å². The van der Waals surface area contributed by atoms with Crippen molar-refractivity contribution in [1.29, 1.82) is 0 Å². The summed E-state index contributed by atoms with van der Waals surface area (Å²) in [6.45, 7) is 0. The van der Waals surface area contributed by atoms with Crippen molar-refractivity contribution in [1.82, 2.24) is 4.98 Å². The van der Waals surface area contributed by atoms with Gasteiger partial charge in [-0.25, -0.2) is 0 Å². The number of carbonyl (C=O) groups excluding carboxylic acids is 1. The number of aryl methyl sites for hydroxylation is 2. The Labute approximate surface area is 150 Å². The zero-order chi connectivity index (χ0) is 13.9. The van der Waals surface area contributed by atoms with Crippen molar-refractivity contribution in [3.8, 4) is 0 Å². The minimum absolute atomic E-state index is 0. The molecular formula is C16H16NNaO2S. The van der Waals surface area contributed by atoms with Crippen molar-refractivity contribution >= 4 is 17.3 Å². The molecule has 104 valence electrons. The predicted octanol–water partition coefficient (Wildman–Crippen LogP) is -0.437. The van der Waals surface area contributed by atoms with Gasteiger partial charge in [0.25, 0.3) is 0 Å². The number of aromatic nitrogens is 1. The number of fused-ring (bicyclic) bond motifs is 1. The first-order valence-electron chi connectivity index (χ1n) is 6.95. The molecule has 1 aliphatic carbocycles. The Hall–Kier alpha value is -0.680. The summed E-state index contributed by atoms with van der Waals surface area (Å²) < 4.78 is 0. The van der Waals surface area contributed by atoms with Gasteiger partial charge in [0.15, 0.2) is 0 Å². The number of carbonyl (C=O) groups is 1. The van der Waals surface area contributed by atoms with Crippen LogP contribution in [0, 0.1) is 0 Å². The summed E-state index contributed by atoms with van der Waals surface area (Å²) in [6, 6.07) is 5.46. The Morgan fingerprint density at radius 2 is 2.29 bits per heavy atom. The topological polar surface area (TPSA) is 53.0 Å². The quantitative estimate of drug-likeness (QED) is 0.720. The molecule has 0 radical (unpaired) electrons. The molecule has 0 amide bonds. The molecule has 0 saturated carbocycles. The van der Waals surface area contributed by atoms with Gasteiger partial charge in [0, 0.05) is 11.1 Å². The molecule has 0 bridgehead atoms. The molecule has 3 rings (SSSR count). The molecule has 2 aromatic rings. The summed E-state index contributed by atoms with van der Waals surface area (Å²) in [5.41, 5.74) is 4.68. The summed E-state index contributed by atoms with van der Waals surface area (Å²) in [4.78, 5) is 16.4. The van der Waals surface area contributed by atoms with E-state index in [0.717, 1.165) is 25.7 Å². The Balaban J connectivity index is 0.00000161. The third-order valence-electron chi connectivity index (χ3n) is 4.04. The molecule has 1 atom stereocenters. The summed E-state index contributed by atoms with van der Waals surface area (Å²) in [5.74, 6) is -0.545.